The van der Waals surface area contributed by atoms with E-state index in [1.54, 1.807) is 0 Å². The van der Waals surface area contributed by atoms with Gasteiger partial charge in [0.25, 0.3) is 0 Å². The van der Waals surface area contributed by atoms with Gasteiger partial charge in [-0.05, 0) is 12.1 Å². The number of nitrogens with one attached hydrogen (secondary N) is 2. The number of carbonyl (C=O) groups is 1. The van der Waals surface area contributed by atoms with Gasteiger partial charge in [-0.25, -0.2) is 4.98 Å². The molecule has 0 fully saturated rings. The minimum atomic E-state index is -0.517. The summed E-state index contributed by atoms with van der Waals surface area (Å²) in [6.07, 6.45) is 3.29. The molecule has 0 atom stereocenters. The first-order valence-electron chi connectivity index (χ1n) is 7.49. The van der Waals surface area contributed by atoms with Crippen LogP contribution in [0.5, 0.6) is 0 Å². The molecule has 3 rings (SSSR count). The largest absolute Gasteiger partial charge is 0.356 e. The zero-order valence-electron chi connectivity index (χ0n) is 12.8. The summed E-state index contributed by atoms with van der Waals surface area (Å²) in [5, 5.41) is 17.2. The van der Waals surface area contributed by atoms with Crippen LogP contribution in [0, 0.1) is 10.1 Å². The van der Waals surface area contributed by atoms with Crippen LogP contribution in [0.15, 0.2) is 36.7 Å². The Morgan fingerprint density at radius 2 is 2.21 bits per heavy atom. The first-order valence-corrected chi connectivity index (χ1v) is 7.49. The molecule has 2 heterocycles. The smallest absolute Gasteiger partial charge is 0.306 e. The maximum atomic E-state index is 11.8. The Hall–Kier alpha value is -3.23. The van der Waals surface area contributed by atoms with Crippen LogP contribution in [0.4, 0.5) is 5.69 Å². The van der Waals surface area contributed by atoms with Crippen molar-refractivity contribution in [3.05, 3.63) is 52.6 Å². The average molecular weight is 328 g/mol. The van der Waals surface area contributed by atoms with E-state index in [0.29, 0.717) is 19.5 Å². The highest BCUT2D eigenvalue weighted by molar-refractivity contribution is 5.76. The van der Waals surface area contributed by atoms with Crippen molar-refractivity contribution in [2.75, 3.05) is 6.54 Å². The third-order valence-corrected chi connectivity index (χ3v) is 3.52. The van der Waals surface area contributed by atoms with Crippen molar-refractivity contribution >= 4 is 22.6 Å². The van der Waals surface area contributed by atoms with E-state index in [0.717, 1.165) is 16.9 Å². The number of imidazole rings is 1. The van der Waals surface area contributed by atoms with E-state index in [1.165, 1.54) is 17.1 Å². The third-order valence-electron chi connectivity index (χ3n) is 3.52. The van der Waals surface area contributed by atoms with Crippen LogP contribution in [0.2, 0.25) is 0 Å². The highest BCUT2D eigenvalue weighted by Gasteiger charge is 2.10. The Balaban J connectivity index is 1.42. The van der Waals surface area contributed by atoms with Crippen LogP contribution >= 0.6 is 0 Å². The molecule has 3 aromatic rings. The van der Waals surface area contributed by atoms with Crippen molar-refractivity contribution < 1.29 is 9.72 Å². The molecule has 2 N–H and O–H groups in total. The van der Waals surface area contributed by atoms with Gasteiger partial charge in [0.05, 0.1) is 16.0 Å². The fraction of sp³-hybridized carbons (Fsp3) is 0.267. The lowest BCUT2D eigenvalue weighted by Crippen LogP contribution is -2.26. The van der Waals surface area contributed by atoms with Crippen molar-refractivity contribution in [1.29, 1.82) is 0 Å². The predicted molar refractivity (Wildman–Crippen MR) is 86.3 cm³/mol. The maximum Gasteiger partial charge on any atom is 0.306 e. The molecule has 0 saturated heterocycles. The van der Waals surface area contributed by atoms with Gasteiger partial charge >= 0.3 is 5.69 Å². The quantitative estimate of drug-likeness (QED) is 0.502. The van der Waals surface area contributed by atoms with Crippen LogP contribution < -0.4 is 5.32 Å². The summed E-state index contributed by atoms with van der Waals surface area (Å²) in [6.45, 7) is 0.766. The van der Waals surface area contributed by atoms with Gasteiger partial charge in [0.1, 0.15) is 18.2 Å². The molecule has 0 spiro atoms. The lowest BCUT2D eigenvalue weighted by Gasteiger charge is -2.04. The molecule has 0 unspecified atom stereocenters. The molecule has 0 aliphatic rings. The monoisotopic (exact) mass is 328 g/mol. The summed E-state index contributed by atoms with van der Waals surface area (Å²) in [7, 11) is 0. The number of hydrogen-bond acceptors (Lipinski definition) is 5. The van der Waals surface area contributed by atoms with Crippen molar-refractivity contribution in [1.82, 2.24) is 25.1 Å². The Kier molecular flexibility index (Phi) is 4.50. The van der Waals surface area contributed by atoms with Crippen LogP contribution in [0.1, 0.15) is 12.2 Å². The van der Waals surface area contributed by atoms with Gasteiger partial charge < -0.3 is 10.3 Å². The number of hydrogen-bond donors (Lipinski definition) is 2. The number of amides is 1. The van der Waals surface area contributed by atoms with Gasteiger partial charge in [0.15, 0.2) is 0 Å². The van der Waals surface area contributed by atoms with Crippen LogP contribution in [0.3, 0.4) is 0 Å². The second-order valence-electron chi connectivity index (χ2n) is 5.27. The summed E-state index contributed by atoms with van der Waals surface area (Å²) in [6, 6.07) is 7.74. The number of nitrogens with zero attached hydrogens (tertiary/aromatic N) is 4. The molecule has 9 heteroatoms. The topological polar surface area (TPSA) is 119 Å². The van der Waals surface area contributed by atoms with Gasteiger partial charge in [0.2, 0.25) is 5.91 Å². The number of aryl methyl sites for hydroxylation is 1. The Labute approximate surface area is 136 Å². The molecule has 0 radical (unpaired) electrons. The summed E-state index contributed by atoms with van der Waals surface area (Å²) >= 11 is 0. The number of aromatic amines is 1. The Morgan fingerprint density at radius 3 is 2.96 bits per heavy atom. The summed E-state index contributed by atoms with van der Waals surface area (Å²) in [4.78, 5) is 29.5. The highest BCUT2D eigenvalue weighted by atomic mass is 16.6. The summed E-state index contributed by atoms with van der Waals surface area (Å²) < 4.78 is 1.39. The lowest BCUT2D eigenvalue weighted by atomic mass is 10.3. The zero-order chi connectivity index (χ0) is 16.9. The molecular weight excluding hydrogens is 312 g/mol. The number of para-hydroxylation sites is 2. The second kappa shape index (κ2) is 6.90. The molecule has 0 aliphatic carbocycles. The molecule has 124 valence electrons. The van der Waals surface area contributed by atoms with Crippen molar-refractivity contribution in [2.45, 2.75) is 19.4 Å². The molecule has 2 aromatic heterocycles. The van der Waals surface area contributed by atoms with E-state index in [9.17, 15) is 14.9 Å². The van der Waals surface area contributed by atoms with Gasteiger partial charge in [0, 0.05) is 25.9 Å². The van der Waals surface area contributed by atoms with Gasteiger partial charge in [-0.3, -0.25) is 19.6 Å². The molecule has 0 aliphatic heterocycles. The Bertz CT molecular complexity index is 836. The zero-order valence-corrected chi connectivity index (χ0v) is 12.8. The Morgan fingerprint density at radius 1 is 1.38 bits per heavy atom. The van der Waals surface area contributed by atoms with Crippen LogP contribution in [0.25, 0.3) is 11.0 Å². The number of carbonyl (C=O) groups excluding carboxylic acids is 1. The van der Waals surface area contributed by atoms with E-state index >= 15 is 0 Å². The highest BCUT2D eigenvalue weighted by Crippen LogP contribution is 2.10. The fourth-order valence-electron chi connectivity index (χ4n) is 2.32. The van der Waals surface area contributed by atoms with E-state index in [4.69, 9.17) is 0 Å². The second-order valence-corrected chi connectivity index (χ2v) is 5.27. The van der Waals surface area contributed by atoms with E-state index in [2.05, 4.69) is 20.4 Å². The molecule has 1 aromatic carbocycles. The molecule has 0 bridgehead atoms. The number of nitro groups is 1. The molecular formula is C15H16N6O3. The van der Waals surface area contributed by atoms with Gasteiger partial charge in [-0.1, -0.05) is 12.1 Å². The minimum absolute atomic E-state index is 0.0831. The molecule has 0 saturated carbocycles. The third kappa shape index (κ3) is 3.75. The van der Waals surface area contributed by atoms with Crippen LogP contribution in [-0.2, 0) is 17.8 Å². The summed E-state index contributed by atoms with van der Waals surface area (Å²) in [5.41, 5.74) is 1.79. The van der Waals surface area contributed by atoms with Gasteiger partial charge in [-0.2, -0.15) is 5.10 Å². The summed E-state index contributed by atoms with van der Waals surface area (Å²) in [5.74, 6) is 0.684. The van der Waals surface area contributed by atoms with E-state index < -0.39 is 4.92 Å². The standard InChI is InChI=1S/C15H16N6O3/c22-15(6-8-20-10-11(9-17-20)21(23)24)16-7-5-14-18-12-3-1-2-4-13(12)19-14/h1-4,9-10H,5-8H2,(H,16,22)(H,18,19). The van der Waals surface area contributed by atoms with E-state index in [1.807, 2.05) is 24.3 Å². The van der Waals surface area contributed by atoms with Crippen molar-refractivity contribution in [2.24, 2.45) is 0 Å². The van der Waals surface area contributed by atoms with E-state index in [-0.39, 0.29) is 18.0 Å². The van der Waals surface area contributed by atoms with Crippen molar-refractivity contribution in [3.63, 3.8) is 0 Å². The number of rotatable bonds is 7. The van der Waals surface area contributed by atoms with Crippen molar-refractivity contribution in [3.8, 4) is 0 Å². The normalized spacial score (nSPS) is 10.8. The number of benzene rings is 1. The molecule has 1 amide bonds. The SMILES string of the molecule is O=C(CCn1cc([N+](=O)[O-])cn1)NCCc1nc2ccccc2[nH]1. The first kappa shape index (κ1) is 15.7. The number of H-pyrrole nitrogens is 1. The minimum Gasteiger partial charge on any atom is -0.356 e. The predicted octanol–water partition coefficient (Wildman–Crippen LogP) is 1.42. The molecule has 24 heavy (non-hydrogen) atoms. The first-order chi connectivity index (χ1) is 11.6. The maximum absolute atomic E-state index is 11.8. The molecule has 9 nitrogen and oxygen atoms in total. The van der Waals surface area contributed by atoms with Crippen LogP contribution in [-0.4, -0.2) is 37.1 Å². The fourth-order valence-corrected chi connectivity index (χ4v) is 2.32. The number of aromatic nitrogens is 4. The lowest BCUT2D eigenvalue weighted by molar-refractivity contribution is -0.385. The average Bonchev–Trinajstić information content (AvgIpc) is 3.19. The number of fused-ring (bicyclic) bond motifs is 1. The van der Waals surface area contributed by atoms with Gasteiger partial charge in [-0.15, -0.1) is 0 Å².